The second-order valence-corrected chi connectivity index (χ2v) is 7.34. The van der Waals surface area contributed by atoms with Crippen molar-refractivity contribution in [1.82, 2.24) is 10.3 Å². The van der Waals surface area contributed by atoms with Crippen LogP contribution in [0.5, 0.6) is 0 Å². The number of carbonyl (C=O) groups is 2. The van der Waals surface area contributed by atoms with Gasteiger partial charge in [0.2, 0.25) is 5.91 Å². The minimum absolute atomic E-state index is 0.0531. The summed E-state index contributed by atoms with van der Waals surface area (Å²) in [6.07, 6.45) is 3.85. The quantitative estimate of drug-likeness (QED) is 0.506. The Bertz CT molecular complexity index is 801. The normalized spacial score (nSPS) is 11.6. The summed E-state index contributed by atoms with van der Waals surface area (Å²) >= 11 is 8.55. The number of rotatable bonds is 8. The van der Waals surface area contributed by atoms with E-state index < -0.39 is 22.8 Å². The number of halogens is 1. The van der Waals surface area contributed by atoms with E-state index in [0.717, 1.165) is 6.07 Å². The van der Waals surface area contributed by atoms with Crippen LogP contribution in [-0.2, 0) is 4.79 Å². The lowest BCUT2D eigenvalue weighted by Crippen LogP contribution is -2.44. The molecule has 2 N–H and O–H groups in total. The van der Waals surface area contributed by atoms with Gasteiger partial charge < -0.3 is 10.6 Å². The Morgan fingerprint density at radius 1 is 1.46 bits per heavy atom. The molecule has 2 rings (SSSR count). The molecule has 0 aliphatic heterocycles. The van der Waals surface area contributed by atoms with Gasteiger partial charge in [-0.2, -0.15) is 11.8 Å². The third kappa shape index (κ3) is 5.41. The Morgan fingerprint density at radius 2 is 2.23 bits per heavy atom. The van der Waals surface area contributed by atoms with Crippen LogP contribution < -0.4 is 10.6 Å². The zero-order chi connectivity index (χ0) is 19.1. The van der Waals surface area contributed by atoms with Crippen molar-refractivity contribution >= 4 is 57.3 Å². The molecule has 1 aromatic heterocycles. The van der Waals surface area contributed by atoms with Crippen molar-refractivity contribution < 1.29 is 14.5 Å². The average Bonchev–Trinajstić information content (AvgIpc) is 3.11. The van der Waals surface area contributed by atoms with Gasteiger partial charge in [-0.1, -0.05) is 11.6 Å². The Morgan fingerprint density at radius 3 is 2.85 bits per heavy atom. The third-order valence-corrected chi connectivity index (χ3v) is 4.95. The van der Waals surface area contributed by atoms with Crippen LogP contribution in [0.15, 0.2) is 29.8 Å². The van der Waals surface area contributed by atoms with E-state index >= 15 is 0 Å². The Labute approximate surface area is 162 Å². The molecule has 0 aliphatic carbocycles. The molecule has 0 spiro atoms. The summed E-state index contributed by atoms with van der Waals surface area (Å²) in [4.78, 5) is 39.1. The molecule has 11 heteroatoms. The van der Waals surface area contributed by atoms with E-state index in [2.05, 4.69) is 15.6 Å². The van der Waals surface area contributed by atoms with Gasteiger partial charge in [-0.15, -0.1) is 11.3 Å². The molecule has 8 nitrogen and oxygen atoms in total. The summed E-state index contributed by atoms with van der Waals surface area (Å²) in [6, 6.07) is 2.94. The first-order chi connectivity index (χ1) is 12.4. The highest BCUT2D eigenvalue weighted by Crippen LogP contribution is 2.25. The van der Waals surface area contributed by atoms with E-state index in [1.165, 1.54) is 35.2 Å². The van der Waals surface area contributed by atoms with Crippen LogP contribution in [0.3, 0.4) is 0 Å². The number of anilines is 1. The minimum atomic E-state index is -0.798. The fraction of sp³-hybridized carbons (Fsp3) is 0.267. The number of nitrogens with one attached hydrogen (secondary N) is 2. The number of thioether (sulfide) groups is 1. The maximum Gasteiger partial charge on any atom is 0.288 e. The molecule has 2 amide bonds. The van der Waals surface area contributed by atoms with E-state index in [1.807, 2.05) is 6.26 Å². The molecule has 1 atom stereocenters. The molecule has 0 unspecified atom stereocenters. The van der Waals surface area contributed by atoms with Crippen LogP contribution in [0.1, 0.15) is 16.8 Å². The number of benzene rings is 1. The van der Waals surface area contributed by atoms with Crippen LogP contribution >= 0.6 is 34.7 Å². The highest BCUT2D eigenvalue weighted by atomic mass is 35.5. The monoisotopic (exact) mass is 414 g/mol. The molecule has 0 radical (unpaired) electrons. The van der Waals surface area contributed by atoms with Crippen molar-refractivity contribution in [2.24, 2.45) is 0 Å². The molecule has 0 fully saturated rings. The van der Waals surface area contributed by atoms with E-state index in [9.17, 15) is 19.7 Å². The molecule has 0 aliphatic rings. The van der Waals surface area contributed by atoms with Crippen LogP contribution in [0.25, 0.3) is 0 Å². The average molecular weight is 415 g/mol. The standard InChI is InChI=1S/C15H15ClN4O4S2/c1-25-6-4-11(14(22)19-15-17-5-7-26-15)18-13(21)9-2-3-10(16)12(8-9)20(23)24/h2-3,5,7-8,11H,4,6H2,1H3,(H,18,21)(H,17,19,22)/t11-/m1/s1. The van der Waals surface area contributed by atoms with Crippen LogP contribution in [0.4, 0.5) is 10.8 Å². The predicted molar refractivity (Wildman–Crippen MR) is 103 cm³/mol. The fourth-order valence-electron chi connectivity index (χ4n) is 2.02. The topological polar surface area (TPSA) is 114 Å². The van der Waals surface area contributed by atoms with Gasteiger partial charge in [-0.3, -0.25) is 19.7 Å². The Hall–Kier alpha value is -2.17. The second-order valence-electron chi connectivity index (χ2n) is 5.06. The van der Waals surface area contributed by atoms with Crippen molar-refractivity contribution in [1.29, 1.82) is 0 Å². The molecular weight excluding hydrogens is 400 g/mol. The highest BCUT2D eigenvalue weighted by Gasteiger charge is 2.23. The van der Waals surface area contributed by atoms with Crippen LogP contribution in [0.2, 0.25) is 5.02 Å². The lowest BCUT2D eigenvalue weighted by atomic mass is 10.1. The number of nitro groups is 1. The van der Waals surface area contributed by atoms with Crippen molar-refractivity contribution in [2.45, 2.75) is 12.5 Å². The number of carbonyl (C=O) groups excluding carboxylic acids is 2. The summed E-state index contributed by atoms with van der Waals surface area (Å²) in [5.74, 6) is -0.340. The van der Waals surface area contributed by atoms with Crippen molar-refractivity contribution in [2.75, 3.05) is 17.3 Å². The second kappa shape index (κ2) is 9.51. The van der Waals surface area contributed by atoms with Crippen LogP contribution in [0, 0.1) is 10.1 Å². The third-order valence-electron chi connectivity index (χ3n) is 3.30. The lowest BCUT2D eigenvalue weighted by Gasteiger charge is -2.17. The number of hydrogen-bond acceptors (Lipinski definition) is 7. The summed E-state index contributed by atoms with van der Waals surface area (Å²) in [5.41, 5.74) is -0.315. The van der Waals surface area contributed by atoms with Gasteiger partial charge in [0.1, 0.15) is 11.1 Å². The van der Waals surface area contributed by atoms with Gasteiger partial charge in [0.15, 0.2) is 5.13 Å². The number of thiazole rings is 1. The van der Waals surface area contributed by atoms with Crippen molar-refractivity contribution in [3.8, 4) is 0 Å². The van der Waals surface area contributed by atoms with E-state index in [4.69, 9.17) is 11.6 Å². The number of hydrogen-bond donors (Lipinski definition) is 2. The van der Waals surface area contributed by atoms with E-state index in [0.29, 0.717) is 17.3 Å². The van der Waals surface area contributed by atoms with Gasteiger partial charge in [0.25, 0.3) is 11.6 Å². The zero-order valence-corrected chi connectivity index (χ0v) is 16.0. The molecule has 0 bridgehead atoms. The first kappa shape index (κ1) is 20.1. The molecular formula is C15H15ClN4O4S2. The maximum absolute atomic E-state index is 12.4. The highest BCUT2D eigenvalue weighted by molar-refractivity contribution is 7.98. The number of aromatic nitrogens is 1. The summed E-state index contributed by atoms with van der Waals surface area (Å²) in [7, 11) is 0. The minimum Gasteiger partial charge on any atom is -0.340 e. The lowest BCUT2D eigenvalue weighted by molar-refractivity contribution is -0.384. The smallest absolute Gasteiger partial charge is 0.288 e. The first-order valence-electron chi connectivity index (χ1n) is 7.36. The Kier molecular flexibility index (Phi) is 7.37. The predicted octanol–water partition coefficient (Wildman–Crippen LogP) is 3.19. The SMILES string of the molecule is CSCC[C@@H](NC(=O)c1ccc(Cl)c([N+](=O)[O-])c1)C(=O)Nc1nccs1. The maximum atomic E-state index is 12.4. The molecule has 138 valence electrons. The molecule has 26 heavy (non-hydrogen) atoms. The molecule has 0 saturated carbocycles. The van der Waals surface area contributed by atoms with Crippen LogP contribution in [-0.4, -0.2) is 39.8 Å². The van der Waals surface area contributed by atoms with Crippen molar-refractivity contribution in [3.05, 3.63) is 50.5 Å². The van der Waals surface area contributed by atoms with E-state index in [-0.39, 0.29) is 16.3 Å². The molecule has 2 aromatic rings. The summed E-state index contributed by atoms with van der Waals surface area (Å²) in [6.45, 7) is 0. The van der Waals surface area contributed by atoms with Gasteiger partial charge in [-0.25, -0.2) is 4.98 Å². The van der Waals surface area contributed by atoms with Gasteiger partial charge in [0, 0.05) is 23.2 Å². The fourth-order valence-corrected chi connectivity index (χ4v) is 3.21. The number of amides is 2. The Balaban J connectivity index is 2.14. The van der Waals surface area contributed by atoms with Crippen molar-refractivity contribution in [3.63, 3.8) is 0 Å². The van der Waals surface area contributed by atoms with Gasteiger partial charge in [0.05, 0.1) is 4.92 Å². The number of nitro benzene ring substituents is 1. The van der Waals surface area contributed by atoms with Gasteiger partial charge >= 0.3 is 0 Å². The summed E-state index contributed by atoms with van der Waals surface area (Å²) < 4.78 is 0. The zero-order valence-electron chi connectivity index (χ0n) is 13.6. The summed E-state index contributed by atoms with van der Waals surface area (Å²) in [5, 5.41) is 18.3. The first-order valence-corrected chi connectivity index (χ1v) is 10.0. The van der Waals surface area contributed by atoms with Gasteiger partial charge in [-0.05, 0) is 30.6 Å². The molecule has 1 heterocycles. The number of nitrogens with zero attached hydrogens (tertiary/aromatic N) is 2. The largest absolute Gasteiger partial charge is 0.340 e. The molecule has 0 saturated heterocycles. The van der Waals surface area contributed by atoms with E-state index in [1.54, 1.807) is 11.6 Å². The molecule has 1 aromatic carbocycles.